The third kappa shape index (κ3) is 4.19. The van der Waals surface area contributed by atoms with E-state index < -0.39 is 0 Å². The number of rotatable bonds is 5. The summed E-state index contributed by atoms with van der Waals surface area (Å²) in [6.45, 7) is 9.82. The summed E-state index contributed by atoms with van der Waals surface area (Å²) in [5.74, 6) is 1.79. The number of hydrogen-bond acceptors (Lipinski definition) is 6. The second kappa shape index (κ2) is 7.56. The first-order chi connectivity index (χ1) is 11.6. The highest BCUT2D eigenvalue weighted by atomic mass is 16.5. The molecule has 1 fully saturated rings. The van der Waals surface area contributed by atoms with Gasteiger partial charge in [-0.05, 0) is 17.7 Å². The van der Waals surface area contributed by atoms with Gasteiger partial charge in [-0.2, -0.15) is 10.2 Å². The molecule has 2 heterocycles. The van der Waals surface area contributed by atoms with Crippen molar-refractivity contribution in [2.24, 2.45) is 0 Å². The number of piperazine rings is 1. The topological polar surface area (TPSA) is 69.2 Å². The average Bonchev–Trinajstić information content (AvgIpc) is 3.06. The first kappa shape index (κ1) is 16.6. The average molecular weight is 325 g/mol. The number of nitriles is 1. The standard InChI is InChI=1S/C18H23N5O/c1-14(2)18-20-17(24-21-18)13-23-9-7-22(8-10-23)12-16-5-3-15(11-19)4-6-16/h3-6,14H,7-10,12-13H2,1-2H3. The van der Waals surface area contributed by atoms with Gasteiger partial charge in [0.2, 0.25) is 5.89 Å². The van der Waals surface area contributed by atoms with Crippen molar-refractivity contribution >= 4 is 0 Å². The molecule has 0 aliphatic carbocycles. The first-order valence-electron chi connectivity index (χ1n) is 8.40. The van der Waals surface area contributed by atoms with Crippen LogP contribution in [0.15, 0.2) is 28.8 Å². The molecule has 6 nitrogen and oxygen atoms in total. The molecule has 3 rings (SSSR count). The molecule has 0 spiro atoms. The molecule has 1 aliphatic heterocycles. The van der Waals surface area contributed by atoms with E-state index in [1.165, 1.54) is 5.56 Å². The van der Waals surface area contributed by atoms with E-state index in [0.717, 1.165) is 45.1 Å². The largest absolute Gasteiger partial charge is 0.338 e. The molecule has 0 radical (unpaired) electrons. The number of benzene rings is 1. The van der Waals surface area contributed by atoms with Crippen LogP contribution in [0.2, 0.25) is 0 Å². The Kier molecular flexibility index (Phi) is 5.24. The zero-order chi connectivity index (χ0) is 16.9. The van der Waals surface area contributed by atoms with Gasteiger partial charge in [-0.1, -0.05) is 31.1 Å². The number of nitrogens with zero attached hydrogens (tertiary/aromatic N) is 5. The van der Waals surface area contributed by atoms with Crippen LogP contribution < -0.4 is 0 Å². The van der Waals surface area contributed by atoms with Crippen molar-refractivity contribution in [3.63, 3.8) is 0 Å². The lowest BCUT2D eigenvalue weighted by Crippen LogP contribution is -2.45. The van der Waals surface area contributed by atoms with Crippen LogP contribution in [-0.4, -0.2) is 46.1 Å². The molecule has 0 amide bonds. The Labute approximate surface area is 142 Å². The van der Waals surface area contributed by atoms with Crippen molar-refractivity contribution in [1.29, 1.82) is 5.26 Å². The predicted octanol–water partition coefficient (Wildman–Crippen LogP) is 2.38. The van der Waals surface area contributed by atoms with Crippen LogP contribution >= 0.6 is 0 Å². The SMILES string of the molecule is CC(C)c1noc(CN2CCN(Cc3ccc(C#N)cc3)CC2)n1. The Morgan fingerprint density at radius 1 is 1.08 bits per heavy atom. The fraction of sp³-hybridized carbons (Fsp3) is 0.500. The van der Waals surface area contributed by atoms with E-state index in [1.54, 1.807) is 0 Å². The Morgan fingerprint density at radius 3 is 2.25 bits per heavy atom. The molecular formula is C18H23N5O. The molecule has 1 saturated heterocycles. The van der Waals surface area contributed by atoms with Gasteiger partial charge in [0.15, 0.2) is 5.82 Å². The molecule has 0 saturated carbocycles. The fourth-order valence-electron chi connectivity index (χ4n) is 2.81. The first-order valence-corrected chi connectivity index (χ1v) is 8.40. The maximum absolute atomic E-state index is 8.85. The van der Waals surface area contributed by atoms with Crippen molar-refractivity contribution in [2.45, 2.75) is 32.9 Å². The highest BCUT2D eigenvalue weighted by Gasteiger charge is 2.19. The molecule has 1 aromatic heterocycles. The Morgan fingerprint density at radius 2 is 1.71 bits per heavy atom. The third-order valence-electron chi connectivity index (χ3n) is 4.31. The summed E-state index contributed by atoms with van der Waals surface area (Å²) < 4.78 is 5.33. The van der Waals surface area contributed by atoms with Gasteiger partial charge in [0, 0.05) is 38.6 Å². The normalized spacial score (nSPS) is 16.4. The van der Waals surface area contributed by atoms with Crippen molar-refractivity contribution in [3.8, 4) is 6.07 Å². The van der Waals surface area contributed by atoms with E-state index in [1.807, 2.05) is 24.3 Å². The van der Waals surface area contributed by atoms with Gasteiger partial charge in [-0.3, -0.25) is 9.80 Å². The summed E-state index contributed by atoms with van der Waals surface area (Å²) in [7, 11) is 0. The smallest absolute Gasteiger partial charge is 0.240 e. The molecule has 126 valence electrons. The van der Waals surface area contributed by atoms with Crippen molar-refractivity contribution < 1.29 is 4.52 Å². The van der Waals surface area contributed by atoms with Crippen LogP contribution in [-0.2, 0) is 13.1 Å². The Balaban J connectivity index is 1.47. The maximum atomic E-state index is 8.85. The van der Waals surface area contributed by atoms with Gasteiger partial charge in [0.25, 0.3) is 0 Å². The van der Waals surface area contributed by atoms with Crippen LogP contribution in [0.5, 0.6) is 0 Å². The molecule has 0 N–H and O–H groups in total. The van der Waals surface area contributed by atoms with E-state index in [-0.39, 0.29) is 0 Å². The van der Waals surface area contributed by atoms with Crippen molar-refractivity contribution in [3.05, 3.63) is 47.1 Å². The van der Waals surface area contributed by atoms with Gasteiger partial charge >= 0.3 is 0 Å². The Bertz CT molecular complexity index is 693. The van der Waals surface area contributed by atoms with E-state index in [9.17, 15) is 0 Å². The second-order valence-electron chi connectivity index (χ2n) is 6.56. The van der Waals surface area contributed by atoms with Crippen LogP contribution in [0.3, 0.4) is 0 Å². The number of aromatic nitrogens is 2. The highest BCUT2D eigenvalue weighted by Crippen LogP contribution is 2.14. The summed E-state index contributed by atoms with van der Waals surface area (Å²) >= 11 is 0. The summed E-state index contributed by atoms with van der Waals surface area (Å²) in [5, 5.41) is 12.9. The minimum atomic E-state index is 0.298. The molecule has 1 aliphatic rings. The van der Waals surface area contributed by atoms with E-state index in [2.05, 4.69) is 39.9 Å². The minimum absolute atomic E-state index is 0.298. The second-order valence-corrected chi connectivity index (χ2v) is 6.56. The molecule has 1 aromatic carbocycles. The fourth-order valence-corrected chi connectivity index (χ4v) is 2.81. The van der Waals surface area contributed by atoms with E-state index in [4.69, 9.17) is 9.78 Å². The van der Waals surface area contributed by atoms with Crippen molar-refractivity contribution in [1.82, 2.24) is 19.9 Å². The lowest BCUT2D eigenvalue weighted by Gasteiger charge is -2.33. The molecule has 2 aromatic rings. The molecule has 6 heteroatoms. The molecule has 24 heavy (non-hydrogen) atoms. The predicted molar refractivity (Wildman–Crippen MR) is 90.1 cm³/mol. The summed E-state index contributed by atoms with van der Waals surface area (Å²) in [6.07, 6.45) is 0. The Hall–Kier alpha value is -2.23. The van der Waals surface area contributed by atoms with Crippen LogP contribution in [0.1, 0.15) is 42.6 Å². The van der Waals surface area contributed by atoms with E-state index >= 15 is 0 Å². The summed E-state index contributed by atoms with van der Waals surface area (Å²) in [6, 6.07) is 10.00. The van der Waals surface area contributed by atoms with Gasteiger partial charge in [-0.15, -0.1) is 0 Å². The summed E-state index contributed by atoms with van der Waals surface area (Å²) in [4.78, 5) is 9.24. The maximum Gasteiger partial charge on any atom is 0.240 e. The van der Waals surface area contributed by atoms with Gasteiger partial charge in [0.1, 0.15) is 0 Å². The zero-order valence-corrected chi connectivity index (χ0v) is 14.3. The van der Waals surface area contributed by atoms with Crippen LogP contribution in [0.25, 0.3) is 0 Å². The van der Waals surface area contributed by atoms with Gasteiger partial charge in [-0.25, -0.2) is 0 Å². The van der Waals surface area contributed by atoms with Crippen molar-refractivity contribution in [2.75, 3.05) is 26.2 Å². The zero-order valence-electron chi connectivity index (χ0n) is 14.3. The lowest BCUT2D eigenvalue weighted by molar-refractivity contribution is 0.112. The third-order valence-corrected chi connectivity index (χ3v) is 4.31. The number of hydrogen-bond donors (Lipinski definition) is 0. The van der Waals surface area contributed by atoms with Crippen LogP contribution in [0.4, 0.5) is 0 Å². The van der Waals surface area contributed by atoms with Crippen LogP contribution in [0, 0.1) is 11.3 Å². The highest BCUT2D eigenvalue weighted by molar-refractivity contribution is 5.31. The van der Waals surface area contributed by atoms with Gasteiger partial charge < -0.3 is 4.52 Å². The summed E-state index contributed by atoms with van der Waals surface area (Å²) in [5.41, 5.74) is 1.96. The molecule has 0 unspecified atom stereocenters. The molecule has 0 bridgehead atoms. The molecule has 0 atom stereocenters. The quantitative estimate of drug-likeness (QED) is 0.841. The monoisotopic (exact) mass is 325 g/mol. The van der Waals surface area contributed by atoms with E-state index in [0.29, 0.717) is 17.4 Å². The molecular weight excluding hydrogens is 302 g/mol. The lowest BCUT2D eigenvalue weighted by atomic mass is 10.1. The minimum Gasteiger partial charge on any atom is -0.338 e. The van der Waals surface area contributed by atoms with Gasteiger partial charge in [0.05, 0.1) is 18.2 Å².